The molecule has 1 atom stereocenters. The summed E-state index contributed by atoms with van der Waals surface area (Å²) in [4.78, 5) is 14.6. The average Bonchev–Trinajstić information content (AvgIpc) is 3.15. The second-order valence-electron chi connectivity index (χ2n) is 7.28. The smallest absolute Gasteiger partial charge is 0.262 e. The minimum absolute atomic E-state index is 0.0694. The van der Waals surface area contributed by atoms with Gasteiger partial charge in [0.05, 0.1) is 11.0 Å². The van der Waals surface area contributed by atoms with Gasteiger partial charge in [0, 0.05) is 31.5 Å². The molecule has 0 spiro atoms. The van der Waals surface area contributed by atoms with Gasteiger partial charge < -0.3 is 9.64 Å². The number of nitrogens with one attached hydrogen (secondary N) is 1. The van der Waals surface area contributed by atoms with Crippen molar-refractivity contribution in [2.24, 2.45) is 0 Å². The summed E-state index contributed by atoms with van der Waals surface area (Å²) in [6.07, 6.45) is 2.04. The molecule has 1 N–H and O–H groups in total. The standard InChI is InChI=1S/C21H26N2O4S/c1-15-9-10-16(2)20(12-15)28(25,26)22-18-7-4-6-17(13-18)21(24)23(3)14-19-8-5-11-27-19/h4,6-7,9-10,12-13,19,22H,5,8,11,14H2,1-3H3. The zero-order valence-electron chi connectivity index (χ0n) is 16.4. The van der Waals surface area contributed by atoms with Crippen molar-refractivity contribution in [3.05, 3.63) is 59.2 Å². The van der Waals surface area contributed by atoms with Crippen molar-refractivity contribution in [1.29, 1.82) is 0 Å². The molecule has 1 saturated heterocycles. The van der Waals surface area contributed by atoms with Gasteiger partial charge in [0.25, 0.3) is 15.9 Å². The molecule has 1 amide bonds. The Morgan fingerprint density at radius 1 is 1.21 bits per heavy atom. The van der Waals surface area contributed by atoms with Crippen LogP contribution in [0.25, 0.3) is 0 Å². The van der Waals surface area contributed by atoms with Crippen LogP contribution >= 0.6 is 0 Å². The molecule has 1 aliphatic heterocycles. The fraction of sp³-hybridized carbons (Fsp3) is 0.381. The van der Waals surface area contributed by atoms with E-state index in [2.05, 4.69) is 4.72 Å². The van der Waals surface area contributed by atoms with Crippen LogP contribution in [0.5, 0.6) is 0 Å². The van der Waals surface area contributed by atoms with Crippen LogP contribution < -0.4 is 4.72 Å². The van der Waals surface area contributed by atoms with Crippen molar-refractivity contribution in [2.75, 3.05) is 24.9 Å². The second kappa shape index (κ2) is 8.32. The highest BCUT2D eigenvalue weighted by molar-refractivity contribution is 7.92. The number of sulfonamides is 1. The molecule has 6 nitrogen and oxygen atoms in total. The number of hydrogen-bond donors (Lipinski definition) is 1. The van der Waals surface area contributed by atoms with Gasteiger partial charge in [-0.05, 0) is 62.1 Å². The van der Waals surface area contributed by atoms with E-state index >= 15 is 0 Å². The van der Waals surface area contributed by atoms with Gasteiger partial charge in [0.2, 0.25) is 0 Å². The van der Waals surface area contributed by atoms with E-state index in [0.29, 0.717) is 23.4 Å². The number of aryl methyl sites for hydroxylation is 2. The monoisotopic (exact) mass is 402 g/mol. The summed E-state index contributed by atoms with van der Waals surface area (Å²) in [5.41, 5.74) is 2.33. The van der Waals surface area contributed by atoms with Gasteiger partial charge in [-0.3, -0.25) is 9.52 Å². The van der Waals surface area contributed by atoms with E-state index < -0.39 is 10.0 Å². The topological polar surface area (TPSA) is 75.7 Å². The lowest BCUT2D eigenvalue weighted by molar-refractivity contribution is 0.0587. The SMILES string of the molecule is Cc1ccc(C)c(S(=O)(=O)Nc2cccc(C(=O)N(C)CC3CCCO3)c2)c1. The molecule has 1 aliphatic rings. The van der Waals surface area contributed by atoms with Gasteiger partial charge in [0.15, 0.2) is 0 Å². The van der Waals surface area contributed by atoms with Crippen LogP contribution in [0.3, 0.4) is 0 Å². The fourth-order valence-corrected chi connectivity index (χ4v) is 4.70. The number of nitrogens with zero attached hydrogens (tertiary/aromatic N) is 1. The summed E-state index contributed by atoms with van der Waals surface area (Å²) in [5.74, 6) is -0.164. The number of rotatable bonds is 6. The number of carbonyl (C=O) groups excluding carboxylic acids is 1. The molecule has 1 heterocycles. The first kappa shape index (κ1) is 20.4. The van der Waals surface area contributed by atoms with E-state index in [9.17, 15) is 13.2 Å². The summed E-state index contributed by atoms with van der Waals surface area (Å²) < 4.78 is 33.8. The van der Waals surface area contributed by atoms with Gasteiger partial charge in [-0.15, -0.1) is 0 Å². The van der Waals surface area contributed by atoms with Crippen LogP contribution in [0, 0.1) is 13.8 Å². The maximum Gasteiger partial charge on any atom is 0.262 e. The number of hydrogen-bond acceptors (Lipinski definition) is 4. The van der Waals surface area contributed by atoms with Crippen LogP contribution in [0.4, 0.5) is 5.69 Å². The van der Waals surface area contributed by atoms with Gasteiger partial charge in [-0.1, -0.05) is 18.2 Å². The van der Waals surface area contributed by atoms with Crippen molar-refractivity contribution in [1.82, 2.24) is 4.90 Å². The lowest BCUT2D eigenvalue weighted by Gasteiger charge is -2.21. The van der Waals surface area contributed by atoms with Crippen molar-refractivity contribution >= 4 is 21.6 Å². The highest BCUT2D eigenvalue weighted by Crippen LogP contribution is 2.22. The molecular formula is C21H26N2O4S. The van der Waals surface area contributed by atoms with E-state index in [1.165, 1.54) is 0 Å². The molecule has 7 heteroatoms. The van der Waals surface area contributed by atoms with E-state index in [1.807, 2.05) is 13.0 Å². The number of likely N-dealkylation sites (N-methyl/N-ethyl adjacent to an activating group) is 1. The molecule has 1 fully saturated rings. The van der Waals surface area contributed by atoms with E-state index in [4.69, 9.17) is 4.74 Å². The number of amides is 1. The molecule has 0 saturated carbocycles. The highest BCUT2D eigenvalue weighted by Gasteiger charge is 2.22. The Balaban J connectivity index is 1.77. The summed E-state index contributed by atoms with van der Waals surface area (Å²) in [6, 6.07) is 11.9. The largest absolute Gasteiger partial charge is 0.376 e. The quantitative estimate of drug-likeness (QED) is 0.804. The molecule has 0 radical (unpaired) electrons. The van der Waals surface area contributed by atoms with Crippen LogP contribution in [-0.4, -0.2) is 45.5 Å². The predicted molar refractivity (Wildman–Crippen MR) is 109 cm³/mol. The van der Waals surface area contributed by atoms with E-state index in [1.54, 1.807) is 55.3 Å². The van der Waals surface area contributed by atoms with Crippen LogP contribution in [0.2, 0.25) is 0 Å². The molecule has 0 bridgehead atoms. The van der Waals surface area contributed by atoms with Crippen molar-refractivity contribution in [2.45, 2.75) is 37.7 Å². The number of ether oxygens (including phenoxy) is 1. The predicted octanol–water partition coefficient (Wildman–Crippen LogP) is 3.36. The minimum Gasteiger partial charge on any atom is -0.376 e. The summed E-state index contributed by atoms with van der Waals surface area (Å²) in [7, 11) is -2.01. The van der Waals surface area contributed by atoms with Gasteiger partial charge >= 0.3 is 0 Å². The molecule has 150 valence electrons. The van der Waals surface area contributed by atoms with Crippen LogP contribution in [0.1, 0.15) is 34.3 Å². The van der Waals surface area contributed by atoms with Crippen molar-refractivity contribution < 1.29 is 17.9 Å². The van der Waals surface area contributed by atoms with Crippen LogP contribution in [0.15, 0.2) is 47.4 Å². The van der Waals surface area contributed by atoms with Crippen molar-refractivity contribution in [3.63, 3.8) is 0 Å². The summed E-state index contributed by atoms with van der Waals surface area (Å²) in [5, 5.41) is 0. The summed E-state index contributed by atoms with van der Waals surface area (Å²) >= 11 is 0. The zero-order valence-corrected chi connectivity index (χ0v) is 17.3. The van der Waals surface area contributed by atoms with E-state index in [-0.39, 0.29) is 16.9 Å². The second-order valence-corrected chi connectivity index (χ2v) is 8.93. The fourth-order valence-electron chi connectivity index (χ4n) is 3.32. The third-order valence-corrected chi connectivity index (χ3v) is 6.37. The summed E-state index contributed by atoms with van der Waals surface area (Å²) in [6.45, 7) is 4.87. The van der Waals surface area contributed by atoms with Gasteiger partial charge in [-0.25, -0.2) is 8.42 Å². The Morgan fingerprint density at radius 3 is 2.71 bits per heavy atom. The first-order chi connectivity index (χ1) is 13.3. The molecular weight excluding hydrogens is 376 g/mol. The Hall–Kier alpha value is -2.38. The first-order valence-corrected chi connectivity index (χ1v) is 10.8. The lowest BCUT2D eigenvalue weighted by Crippen LogP contribution is -2.34. The van der Waals surface area contributed by atoms with E-state index in [0.717, 1.165) is 25.0 Å². The number of carbonyl (C=O) groups is 1. The van der Waals surface area contributed by atoms with Gasteiger partial charge in [-0.2, -0.15) is 0 Å². The maximum atomic E-state index is 12.8. The van der Waals surface area contributed by atoms with Crippen molar-refractivity contribution in [3.8, 4) is 0 Å². The number of anilines is 1. The average molecular weight is 403 g/mol. The number of benzene rings is 2. The molecule has 1 unspecified atom stereocenters. The normalized spacial score (nSPS) is 16.8. The first-order valence-electron chi connectivity index (χ1n) is 9.33. The molecule has 2 aromatic rings. The molecule has 3 rings (SSSR count). The van der Waals surface area contributed by atoms with Gasteiger partial charge in [0.1, 0.15) is 0 Å². The maximum absolute atomic E-state index is 12.8. The zero-order chi connectivity index (χ0) is 20.3. The Kier molecular flexibility index (Phi) is 6.05. The molecule has 0 aliphatic carbocycles. The Bertz CT molecular complexity index is 966. The highest BCUT2D eigenvalue weighted by atomic mass is 32.2. The third kappa shape index (κ3) is 4.72. The minimum atomic E-state index is -3.74. The lowest BCUT2D eigenvalue weighted by atomic mass is 10.1. The Labute approximate surface area is 166 Å². The molecule has 0 aromatic heterocycles. The third-order valence-electron chi connectivity index (χ3n) is 4.84. The Morgan fingerprint density at radius 2 is 2.00 bits per heavy atom. The van der Waals surface area contributed by atoms with Crippen LogP contribution in [-0.2, 0) is 14.8 Å². The molecule has 28 heavy (non-hydrogen) atoms. The molecule has 2 aromatic carbocycles.